The second-order valence-corrected chi connectivity index (χ2v) is 4.92. The summed E-state index contributed by atoms with van der Waals surface area (Å²) in [5.74, 6) is -0.612. The Kier molecular flexibility index (Phi) is 3.19. The maximum atomic E-state index is 12.1. The van der Waals surface area contributed by atoms with Crippen molar-refractivity contribution in [3.05, 3.63) is 68.0 Å². The van der Waals surface area contributed by atoms with Crippen molar-refractivity contribution in [2.75, 3.05) is 0 Å². The first-order valence-corrected chi connectivity index (χ1v) is 6.45. The lowest BCUT2D eigenvalue weighted by Crippen LogP contribution is -2.36. The summed E-state index contributed by atoms with van der Waals surface area (Å²) >= 11 is 0. The van der Waals surface area contributed by atoms with E-state index in [1.807, 2.05) is 29.2 Å². The maximum Gasteiger partial charge on any atom is 0.326 e. The maximum absolute atomic E-state index is 12.1. The summed E-state index contributed by atoms with van der Waals surface area (Å²) in [6.45, 7) is 0. The Hall–Kier alpha value is -2.67. The Labute approximate surface area is 118 Å². The fourth-order valence-corrected chi connectivity index (χ4v) is 2.56. The van der Waals surface area contributed by atoms with Gasteiger partial charge in [-0.2, -0.15) is 0 Å². The highest BCUT2D eigenvalue weighted by atomic mass is 16.3. The largest absolute Gasteiger partial charge is 0.390 e. The zero-order valence-electron chi connectivity index (χ0n) is 10.9. The first-order valence-electron chi connectivity index (χ1n) is 6.45. The highest BCUT2D eigenvalue weighted by Gasteiger charge is 2.32. The molecule has 1 aliphatic carbocycles. The summed E-state index contributed by atoms with van der Waals surface area (Å²) in [5, 5.41) is 12.7. The number of aromatic nitrogens is 2. The minimum absolute atomic E-state index is 0.139. The number of aliphatic hydroxyl groups is 1. The number of aromatic amines is 2. The van der Waals surface area contributed by atoms with E-state index in [0.29, 0.717) is 6.42 Å². The molecule has 1 amide bonds. The van der Waals surface area contributed by atoms with E-state index in [1.54, 1.807) is 0 Å². The molecule has 0 saturated carbocycles. The highest BCUT2D eigenvalue weighted by Crippen LogP contribution is 2.31. The molecule has 2 atom stereocenters. The Bertz CT molecular complexity index is 780. The second kappa shape index (κ2) is 5.02. The molecule has 0 radical (unpaired) electrons. The predicted octanol–water partition coefficient (Wildman–Crippen LogP) is -0.549. The van der Waals surface area contributed by atoms with Gasteiger partial charge in [-0.05, 0) is 11.1 Å². The Morgan fingerprint density at radius 2 is 2.00 bits per heavy atom. The molecule has 1 aromatic heterocycles. The van der Waals surface area contributed by atoms with Crippen LogP contribution in [-0.2, 0) is 6.42 Å². The quantitative estimate of drug-likeness (QED) is 0.593. The SMILES string of the molecule is O=C(N[C@H]1c2ccccc2C[C@H]1O)c1cc(=O)[nH]c(=O)[nH]1. The van der Waals surface area contributed by atoms with Crippen LogP contribution in [0.3, 0.4) is 0 Å². The normalized spacial score (nSPS) is 20.0. The van der Waals surface area contributed by atoms with Gasteiger partial charge in [0.05, 0.1) is 12.1 Å². The van der Waals surface area contributed by atoms with Crippen molar-refractivity contribution in [2.45, 2.75) is 18.6 Å². The van der Waals surface area contributed by atoms with Crippen molar-refractivity contribution in [2.24, 2.45) is 0 Å². The third kappa shape index (κ3) is 2.50. The van der Waals surface area contributed by atoms with E-state index in [2.05, 4.69) is 10.3 Å². The molecule has 7 nitrogen and oxygen atoms in total. The van der Waals surface area contributed by atoms with Crippen LogP contribution in [0.5, 0.6) is 0 Å². The van der Waals surface area contributed by atoms with Gasteiger partial charge in [0.25, 0.3) is 11.5 Å². The van der Waals surface area contributed by atoms with Gasteiger partial charge in [0, 0.05) is 12.5 Å². The first-order chi connectivity index (χ1) is 10.0. The summed E-state index contributed by atoms with van der Waals surface area (Å²) < 4.78 is 0. The van der Waals surface area contributed by atoms with Crippen LogP contribution in [0.25, 0.3) is 0 Å². The molecule has 108 valence electrons. The highest BCUT2D eigenvalue weighted by molar-refractivity contribution is 5.92. The van der Waals surface area contributed by atoms with Gasteiger partial charge in [0.15, 0.2) is 0 Å². The van der Waals surface area contributed by atoms with Crippen molar-refractivity contribution in [1.82, 2.24) is 15.3 Å². The standard InChI is InChI=1S/C14H13N3O4/c18-10-5-7-3-1-2-4-8(7)12(10)17-13(20)9-6-11(19)16-14(21)15-9/h1-4,6,10,12,18H,5H2,(H,17,20)(H2,15,16,19,21)/t10-,12+/m1/s1. The lowest BCUT2D eigenvalue weighted by Gasteiger charge is -2.17. The van der Waals surface area contributed by atoms with Crippen LogP contribution in [0.2, 0.25) is 0 Å². The number of aliphatic hydroxyl groups excluding tert-OH is 1. The fraction of sp³-hybridized carbons (Fsp3) is 0.214. The molecule has 4 N–H and O–H groups in total. The van der Waals surface area contributed by atoms with Crippen LogP contribution >= 0.6 is 0 Å². The number of fused-ring (bicyclic) bond motifs is 1. The van der Waals surface area contributed by atoms with Crippen LogP contribution in [-0.4, -0.2) is 27.1 Å². The van der Waals surface area contributed by atoms with E-state index in [4.69, 9.17) is 0 Å². The third-order valence-corrected chi connectivity index (χ3v) is 3.50. The van der Waals surface area contributed by atoms with Crippen LogP contribution in [0.1, 0.15) is 27.7 Å². The number of H-pyrrole nitrogens is 2. The minimum Gasteiger partial charge on any atom is -0.390 e. The van der Waals surface area contributed by atoms with Gasteiger partial charge in [0.2, 0.25) is 0 Å². The topological polar surface area (TPSA) is 115 Å². The molecule has 0 spiro atoms. The average Bonchev–Trinajstić information content (AvgIpc) is 2.74. The molecule has 0 unspecified atom stereocenters. The number of hydrogen-bond donors (Lipinski definition) is 4. The summed E-state index contributed by atoms with van der Waals surface area (Å²) in [6.07, 6.45) is -0.285. The molecule has 3 rings (SSSR count). The van der Waals surface area contributed by atoms with E-state index in [0.717, 1.165) is 17.2 Å². The van der Waals surface area contributed by atoms with E-state index in [1.165, 1.54) is 0 Å². The van der Waals surface area contributed by atoms with Gasteiger partial charge >= 0.3 is 5.69 Å². The van der Waals surface area contributed by atoms with E-state index >= 15 is 0 Å². The molecule has 1 aromatic carbocycles. The van der Waals surface area contributed by atoms with E-state index in [-0.39, 0.29) is 5.69 Å². The third-order valence-electron chi connectivity index (χ3n) is 3.50. The number of hydrogen-bond acceptors (Lipinski definition) is 4. The van der Waals surface area contributed by atoms with Gasteiger partial charge in [-0.25, -0.2) is 4.79 Å². The van der Waals surface area contributed by atoms with Gasteiger partial charge in [-0.15, -0.1) is 0 Å². The molecule has 0 fully saturated rings. The molecule has 7 heteroatoms. The molecule has 0 bridgehead atoms. The number of nitrogens with one attached hydrogen (secondary N) is 3. The predicted molar refractivity (Wildman–Crippen MR) is 74.0 cm³/mol. The van der Waals surface area contributed by atoms with E-state index in [9.17, 15) is 19.5 Å². The molecular formula is C14H13N3O4. The van der Waals surface area contributed by atoms with Crippen LogP contribution in [0.15, 0.2) is 39.9 Å². The van der Waals surface area contributed by atoms with Crippen LogP contribution < -0.4 is 16.6 Å². The zero-order valence-corrected chi connectivity index (χ0v) is 10.9. The van der Waals surface area contributed by atoms with Gasteiger partial charge in [-0.3, -0.25) is 14.6 Å². The molecule has 0 aliphatic heterocycles. The van der Waals surface area contributed by atoms with Crippen molar-refractivity contribution in [3.63, 3.8) is 0 Å². The molecule has 1 aliphatic rings. The van der Waals surface area contributed by atoms with Gasteiger partial charge < -0.3 is 15.4 Å². The number of carbonyl (C=O) groups excluding carboxylic acids is 1. The summed E-state index contributed by atoms with van der Waals surface area (Å²) in [5.41, 5.74) is 0.261. The van der Waals surface area contributed by atoms with Crippen LogP contribution in [0.4, 0.5) is 0 Å². The zero-order chi connectivity index (χ0) is 15.0. The van der Waals surface area contributed by atoms with Crippen LogP contribution in [0, 0.1) is 0 Å². The van der Waals surface area contributed by atoms with Gasteiger partial charge in [-0.1, -0.05) is 24.3 Å². The van der Waals surface area contributed by atoms with Crippen molar-refractivity contribution < 1.29 is 9.90 Å². The second-order valence-electron chi connectivity index (χ2n) is 4.92. The van der Waals surface area contributed by atoms with Gasteiger partial charge in [0.1, 0.15) is 5.69 Å². The lowest BCUT2D eigenvalue weighted by atomic mass is 10.1. The summed E-state index contributed by atoms with van der Waals surface area (Å²) in [7, 11) is 0. The molecule has 21 heavy (non-hydrogen) atoms. The molecule has 0 saturated heterocycles. The first kappa shape index (κ1) is 13.3. The summed E-state index contributed by atoms with van der Waals surface area (Å²) in [6, 6.07) is 7.85. The molecular weight excluding hydrogens is 274 g/mol. The van der Waals surface area contributed by atoms with E-state index < -0.39 is 29.3 Å². The van der Waals surface area contributed by atoms with Crippen molar-refractivity contribution in [1.29, 1.82) is 0 Å². The average molecular weight is 287 g/mol. The smallest absolute Gasteiger partial charge is 0.326 e. The number of benzene rings is 1. The fourth-order valence-electron chi connectivity index (χ4n) is 2.56. The monoisotopic (exact) mass is 287 g/mol. The summed E-state index contributed by atoms with van der Waals surface area (Å²) in [4.78, 5) is 38.7. The number of amides is 1. The Morgan fingerprint density at radius 3 is 2.76 bits per heavy atom. The Morgan fingerprint density at radius 1 is 1.24 bits per heavy atom. The number of rotatable bonds is 2. The molecule has 2 aromatic rings. The lowest BCUT2D eigenvalue weighted by molar-refractivity contribution is 0.0853. The van der Waals surface area contributed by atoms with Crippen molar-refractivity contribution in [3.8, 4) is 0 Å². The minimum atomic E-state index is -0.750. The molecule has 1 heterocycles. The van der Waals surface area contributed by atoms with Crippen molar-refractivity contribution >= 4 is 5.91 Å². The number of carbonyl (C=O) groups is 1. The Balaban J connectivity index is 1.88.